The van der Waals surface area contributed by atoms with Gasteiger partial charge in [0, 0.05) is 0 Å². The van der Waals surface area contributed by atoms with E-state index in [0.717, 1.165) is 23.1 Å². The second kappa shape index (κ2) is 9.80. The number of alkyl halides is 3. The Bertz CT molecular complexity index is 1150. The molecule has 33 heavy (non-hydrogen) atoms. The average molecular weight is 499 g/mol. The second-order valence-corrected chi connectivity index (χ2v) is 7.50. The van der Waals surface area contributed by atoms with Gasteiger partial charge in [-0.1, -0.05) is 17.7 Å². The van der Waals surface area contributed by atoms with Crippen LogP contribution in [0.25, 0.3) is 6.08 Å². The lowest BCUT2D eigenvalue weighted by Gasteiger charge is -2.29. The molecule has 0 bridgehead atoms. The topological polar surface area (TPSA) is 67.9 Å². The molecule has 0 radical (unpaired) electrons. The molecule has 1 saturated heterocycles. The number of anilines is 1. The van der Waals surface area contributed by atoms with E-state index in [1.54, 1.807) is 13.8 Å². The number of rotatable bonds is 6. The van der Waals surface area contributed by atoms with Gasteiger partial charge >= 0.3 is 6.18 Å². The Labute approximate surface area is 197 Å². The third-order valence-electron chi connectivity index (χ3n) is 4.46. The van der Waals surface area contributed by atoms with Crippen LogP contribution in [-0.4, -0.2) is 30.1 Å². The number of amides is 2. The first-order valence-electron chi connectivity index (χ1n) is 9.74. The van der Waals surface area contributed by atoms with Gasteiger partial charge < -0.3 is 9.47 Å². The summed E-state index contributed by atoms with van der Waals surface area (Å²) in [4.78, 5) is 26.5. The lowest BCUT2D eigenvalue weighted by atomic mass is 10.1. The molecule has 1 aliphatic rings. The summed E-state index contributed by atoms with van der Waals surface area (Å²) in [6.45, 7) is 4.19. The first-order chi connectivity index (χ1) is 15.6. The molecule has 11 heteroatoms. The summed E-state index contributed by atoms with van der Waals surface area (Å²) in [6.07, 6.45) is -3.36. The lowest BCUT2D eigenvalue weighted by Crippen LogP contribution is -2.54. The maximum atomic E-state index is 13.1. The van der Waals surface area contributed by atoms with Crippen LogP contribution in [0.4, 0.5) is 18.9 Å². The minimum Gasteiger partial charge on any atom is -0.490 e. The highest BCUT2D eigenvalue weighted by atomic mass is 35.5. The summed E-state index contributed by atoms with van der Waals surface area (Å²) in [6, 6.07) is 7.09. The van der Waals surface area contributed by atoms with Gasteiger partial charge in [0.05, 0.1) is 29.5 Å². The average Bonchev–Trinajstić information content (AvgIpc) is 2.73. The summed E-state index contributed by atoms with van der Waals surface area (Å²) in [5.74, 6) is -1.05. The quantitative estimate of drug-likeness (QED) is 0.345. The van der Waals surface area contributed by atoms with Crippen molar-refractivity contribution < 1.29 is 32.2 Å². The molecule has 0 saturated carbocycles. The maximum absolute atomic E-state index is 13.1. The summed E-state index contributed by atoms with van der Waals surface area (Å²) < 4.78 is 50.4. The number of ether oxygens (including phenoxy) is 2. The van der Waals surface area contributed by atoms with Crippen molar-refractivity contribution in [2.45, 2.75) is 20.0 Å². The highest BCUT2D eigenvalue weighted by molar-refractivity contribution is 7.80. The SMILES string of the molecule is CCOc1cc(/C=C2\C(=O)NC(=S)N(c3cccc(C(F)(F)F)c3)C2=O)cc(Cl)c1OCC. The smallest absolute Gasteiger partial charge is 0.416 e. The van der Waals surface area contributed by atoms with Crippen molar-refractivity contribution in [2.75, 3.05) is 18.1 Å². The number of nitrogens with zero attached hydrogens (tertiary/aromatic N) is 1. The van der Waals surface area contributed by atoms with Crippen LogP contribution in [0.1, 0.15) is 25.0 Å². The van der Waals surface area contributed by atoms with Gasteiger partial charge in [0.15, 0.2) is 16.6 Å². The predicted octanol–water partition coefficient (Wildman–Crippen LogP) is 4.99. The molecule has 0 atom stereocenters. The van der Waals surface area contributed by atoms with Gasteiger partial charge in [0.25, 0.3) is 11.8 Å². The summed E-state index contributed by atoms with van der Waals surface area (Å²) in [7, 11) is 0. The van der Waals surface area contributed by atoms with Crippen molar-refractivity contribution >= 4 is 52.5 Å². The fourth-order valence-electron chi connectivity index (χ4n) is 3.10. The number of carbonyl (C=O) groups is 2. The van der Waals surface area contributed by atoms with Crippen molar-refractivity contribution in [1.82, 2.24) is 5.32 Å². The highest BCUT2D eigenvalue weighted by Crippen LogP contribution is 2.38. The van der Waals surface area contributed by atoms with E-state index in [2.05, 4.69) is 5.32 Å². The van der Waals surface area contributed by atoms with E-state index in [1.807, 2.05) is 0 Å². The van der Waals surface area contributed by atoms with Gasteiger partial charge in [0.1, 0.15) is 5.57 Å². The Morgan fingerprint density at radius 2 is 1.82 bits per heavy atom. The van der Waals surface area contributed by atoms with Crippen LogP contribution in [0.5, 0.6) is 11.5 Å². The Morgan fingerprint density at radius 1 is 1.12 bits per heavy atom. The molecule has 0 unspecified atom stereocenters. The van der Waals surface area contributed by atoms with Crippen molar-refractivity contribution in [1.29, 1.82) is 0 Å². The fourth-order valence-corrected chi connectivity index (χ4v) is 3.65. The van der Waals surface area contributed by atoms with Gasteiger partial charge in [-0.15, -0.1) is 0 Å². The summed E-state index contributed by atoms with van der Waals surface area (Å²) >= 11 is 11.3. The molecular weight excluding hydrogens is 481 g/mol. The number of carbonyl (C=O) groups excluding carboxylic acids is 2. The van der Waals surface area contributed by atoms with E-state index in [9.17, 15) is 22.8 Å². The van der Waals surface area contributed by atoms with Crippen LogP contribution in [0.15, 0.2) is 42.0 Å². The predicted molar refractivity (Wildman–Crippen MR) is 121 cm³/mol. The molecule has 2 amide bonds. The Balaban J connectivity index is 2.05. The Morgan fingerprint density at radius 3 is 2.45 bits per heavy atom. The molecule has 1 heterocycles. The lowest BCUT2D eigenvalue weighted by molar-refractivity contribution is -0.137. The zero-order valence-electron chi connectivity index (χ0n) is 17.5. The highest BCUT2D eigenvalue weighted by Gasteiger charge is 2.36. The first kappa shape index (κ1) is 24.5. The summed E-state index contributed by atoms with van der Waals surface area (Å²) in [5.41, 5.74) is -1.09. The molecule has 2 aromatic carbocycles. The zero-order chi connectivity index (χ0) is 24.3. The van der Waals surface area contributed by atoms with Crippen molar-refractivity contribution in [2.24, 2.45) is 0 Å². The normalized spacial score (nSPS) is 15.6. The van der Waals surface area contributed by atoms with Gasteiger partial charge in [-0.05, 0) is 68.0 Å². The van der Waals surface area contributed by atoms with E-state index < -0.39 is 23.6 Å². The maximum Gasteiger partial charge on any atom is 0.416 e. The van der Waals surface area contributed by atoms with Crippen LogP contribution >= 0.6 is 23.8 Å². The van der Waals surface area contributed by atoms with Gasteiger partial charge in [-0.3, -0.25) is 19.8 Å². The standard InChI is InChI=1S/C22H18ClF3N2O4S/c1-3-31-17-10-12(9-16(23)18(17)32-4-2)8-15-19(29)27-21(33)28(20(15)30)14-7-5-6-13(11-14)22(24,25)26/h5-11H,3-4H2,1-2H3,(H,27,29,33)/b15-8+. The number of nitrogens with one attached hydrogen (secondary N) is 1. The van der Waals surface area contributed by atoms with Crippen LogP contribution < -0.4 is 19.7 Å². The van der Waals surface area contributed by atoms with Crippen molar-refractivity contribution in [3.8, 4) is 11.5 Å². The van der Waals surface area contributed by atoms with E-state index in [1.165, 1.54) is 24.3 Å². The molecule has 1 aliphatic heterocycles. The molecule has 174 valence electrons. The molecule has 0 aromatic heterocycles. The van der Waals surface area contributed by atoms with Crippen LogP contribution in [0.2, 0.25) is 5.02 Å². The zero-order valence-corrected chi connectivity index (χ0v) is 19.0. The molecule has 1 fully saturated rings. The van der Waals surface area contributed by atoms with E-state index in [0.29, 0.717) is 30.3 Å². The molecule has 0 spiro atoms. The minimum atomic E-state index is -4.62. The van der Waals surface area contributed by atoms with Crippen molar-refractivity contribution in [3.05, 3.63) is 58.1 Å². The molecule has 3 rings (SSSR count). The number of hydrogen-bond donors (Lipinski definition) is 1. The number of halogens is 4. The molecule has 0 aliphatic carbocycles. The van der Waals surface area contributed by atoms with Crippen LogP contribution in [0.3, 0.4) is 0 Å². The van der Waals surface area contributed by atoms with E-state index in [4.69, 9.17) is 33.3 Å². The summed E-state index contributed by atoms with van der Waals surface area (Å²) in [5, 5.41) is 2.20. The minimum absolute atomic E-state index is 0.134. The fraction of sp³-hybridized carbons (Fsp3) is 0.227. The van der Waals surface area contributed by atoms with Gasteiger partial charge in [-0.25, -0.2) is 0 Å². The molecule has 6 nitrogen and oxygen atoms in total. The largest absolute Gasteiger partial charge is 0.490 e. The van der Waals surface area contributed by atoms with Crippen LogP contribution in [-0.2, 0) is 15.8 Å². The van der Waals surface area contributed by atoms with Gasteiger partial charge in [0.2, 0.25) is 0 Å². The second-order valence-electron chi connectivity index (χ2n) is 6.70. The van der Waals surface area contributed by atoms with Crippen LogP contribution in [0, 0.1) is 0 Å². The number of thiocarbonyl (C=S) groups is 1. The van der Waals surface area contributed by atoms with Gasteiger partial charge in [-0.2, -0.15) is 13.2 Å². The molecular formula is C22H18ClF3N2O4S. The van der Waals surface area contributed by atoms with Crippen molar-refractivity contribution in [3.63, 3.8) is 0 Å². The molecule has 1 N–H and O–H groups in total. The van der Waals surface area contributed by atoms with E-state index >= 15 is 0 Å². The Hall–Kier alpha value is -3.11. The molecule has 2 aromatic rings. The number of benzene rings is 2. The van der Waals surface area contributed by atoms with E-state index in [-0.39, 0.29) is 21.4 Å². The third-order valence-corrected chi connectivity index (χ3v) is 5.03. The third kappa shape index (κ3) is 5.28. The monoisotopic (exact) mass is 498 g/mol. The Kier molecular flexibility index (Phi) is 7.28. The first-order valence-corrected chi connectivity index (χ1v) is 10.5. The number of hydrogen-bond acceptors (Lipinski definition) is 5.